The monoisotopic (exact) mass is 277 g/mol. The van der Waals surface area contributed by atoms with Crippen LogP contribution in [0, 0.1) is 26.6 Å². The van der Waals surface area contributed by atoms with Gasteiger partial charge in [0.1, 0.15) is 0 Å². The van der Waals surface area contributed by atoms with Crippen LogP contribution in [0.5, 0.6) is 0 Å². The zero-order chi connectivity index (χ0) is 14.0. The van der Waals surface area contributed by atoms with Crippen LogP contribution in [0.25, 0.3) is 0 Å². The molecule has 0 bridgehead atoms. The Balaban J connectivity index is 2.22. The van der Waals surface area contributed by atoms with E-state index in [-0.39, 0.29) is 5.02 Å². The Morgan fingerprint density at radius 2 is 1.74 bits per heavy atom. The molecule has 1 nitrogen and oxygen atoms in total. The Kier molecular flexibility index (Phi) is 4.11. The molecule has 2 aromatic carbocycles. The minimum atomic E-state index is -0.397. The fraction of sp³-hybridized carbons (Fsp3) is 0.250. The first-order chi connectivity index (χ1) is 8.99. The molecule has 3 heteroatoms. The summed E-state index contributed by atoms with van der Waals surface area (Å²) in [5.41, 5.74) is 5.31. The van der Waals surface area contributed by atoms with Gasteiger partial charge in [-0.2, -0.15) is 0 Å². The van der Waals surface area contributed by atoms with E-state index in [0.717, 1.165) is 0 Å². The van der Waals surface area contributed by atoms with Gasteiger partial charge in [-0.3, -0.25) is 0 Å². The van der Waals surface area contributed by atoms with E-state index in [9.17, 15) is 4.39 Å². The molecule has 0 atom stereocenters. The summed E-state index contributed by atoms with van der Waals surface area (Å²) < 4.78 is 13.8. The van der Waals surface area contributed by atoms with Gasteiger partial charge < -0.3 is 5.32 Å². The topological polar surface area (TPSA) is 12.0 Å². The van der Waals surface area contributed by atoms with Crippen molar-refractivity contribution in [1.29, 1.82) is 0 Å². The van der Waals surface area contributed by atoms with Crippen LogP contribution < -0.4 is 5.32 Å². The van der Waals surface area contributed by atoms with E-state index in [1.807, 2.05) is 0 Å². The number of rotatable bonds is 3. The standard InChI is InChI=1S/C16H17ClFN/c1-10-7-11(2)13(12(3)8-10)9-19-15-6-4-5-14(17)16(15)18/h4-8,19H,9H2,1-3H3. The zero-order valence-corrected chi connectivity index (χ0v) is 12.1. The van der Waals surface area contributed by atoms with Crippen molar-refractivity contribution in [2.75, 3.05) is 5.32 Å². The van der Waals surface area contributed by atoms with E-state index in [0.29, 0.717) is 12.2 Å². The van der Waals surface area contributed by atoms with Gasteiger partial charge in [0.05, 0.1) is 10.7 Å². The summed E-state index contributed by atoms with van der Waals surface area (Å²) >= 11 is 5.76. The molecule has 0 aromatic heterocycles. The lowest BCUT2D eigenvalue weighted by Crippen LogP contribution is -2.05. The summed E-state index contributed by atoms with van der Waals surface area (Å²) in [6, 6.07) is 9.25. The quantitative estimate of drug-likeness (QED) is 0.831. The number of anilines is 1. The first kappa shape index (κ1) is 13.9. The second-order valence-corrected chi connectivity index (χ2v) is 5.24. The highest BCUT2D eigenvalue weighted by atomic mass is 35.5. The Labute approximate surface area is 118 Å². The molecule has 0 saturated heterocycles. The fourth-order valence-corrected chi connectivity index (χ4v) is 2.49. The molecule has 2 aromatic rings. The predicted octanol–water partition coefficient (Wildman–Crippen LogP) is 5.02. The Morgan fingerprint density at radius 1 is 1.11 bits per heavy atom. The molecule has 0 radical (unpaired) electrons. The zero-order valence-electron chi connectivity index (χ0n) is 11.3. The van der Waals surface area contributed by atoms with Crippen LogP contribution in [-0.4, -0.2) is 0 Å². The van der Waals surface area contributed by atoms with E-state index in [2.05, 4.69) is 38.2 Å². The maximum Gasteiger partial charge on any atom is 0.164 e. The summed E-state index contributed by atoms with van der Waals surface area (Å²) in [7, 11) is 0. The van der Waals surface area contributed by atoms with E-state index in [1.54, 1.807) is 18.2 Å². The van der Waals surface area contributed by atoms with Crippen LogP contribution in [0.15, 0.2) is 30.3 Å². The van der Waals surface area contributed by atoms with Crippen molar-refractivity contribution in [3.8, 4) is 0 Å². The normalized spacial score (nSPS) is 10.6. The summed E-state index contributed by atoms with van der Waals surface area (Å²) in [6.07, 6.45) is 0. The molecule has 2 rings (SSSR count). The van der Waals surface area contributed by atoms with Crippen LogP contribution in [0.4, 0.5) is 10.1 Å². The molecule has 0 amide bonds. The van der Waals surface area contributed by atoms with Gasteiger partial charge in [0.2, 0.25) is 0 Å². The van der Waals surface area contributed by atoms with Gasteiger partial charge in [-0.15, -0.1) is 0 Å². The van der Waals surface area contributed by atoms with Crippen LogP contribution in [0.3, 0.4) is 0 Å². The number of hydrogen-bond donors (Lipinski definition) is 1. The molecule has 19 heavy (non-hydrogen) atoms. The summed E-state index contributed by atoms with van der Waals surface area (Å²) in [5, 5.41) is 3.25. The SMILES string of the molecule is Cc1cc(C)c(CNc2cccc(Cl)c2F)c(C)c1. The summed E-state index contributed by atoms with van der Waals surface area (Å²) in [5.74, 6) is -0.397. The number of nitrogens with one attached hydrogen (secondary N) is 1. The minimum absolute atomic E-state index is 0.141. The molecule has 0 heterocycles. The second-order valence-electron chi connectivity index (χ2n) is 4.83. The Morgan fingerprint density at radius 3 is 2.37 bits per heavy atom. The molecule has 0 aliphatic heterocycles. The van der Waals surface area contributed by atoms with E-state index >= 15 is 0 Å². The van der Waals surface area contributed by atoms with Gasteiger partial charge in [0, 0.05) is 6.54 Å². The smallest absolute Gasteiger partial charge is 0.164 e. The molecule has 0 fully saturated rings. The van der Waals surface area contributed by atoms with Crippen molar-refractivity contribution in [2.45, 2.75) is 27.3 Å². The number of halogens is 2. The third-order valence-electron chi connectivity index (χ3n) is 3.25. The van der Waals surface area contributed by atoms with Crippen LogP contribution in [-0.2, 0) is 6.54 Å². The molecule has 0 aliphatic carbocycles. The average Bonchev–Trinajstić information content (AvgIpc) is 2.33. The van der Waals surface area contributed by atoms with Gasteiger partial charge in [0.25, 0.3) is 0 Å². The van der Waals surface area contributed by atoms with Crippen LogP contribution >= 0.6 is 11.6 Å². The number of hydrogen-bond acceptors (Lipinski definition) is 1. The van der Waals surface area contributed by atoms with Crippen molar-refractivity contribution in [3.05, 3.63) is 63.4 Å². The highest BCUT2D eigenvalue weighted by Gasteiger charge is 2.08. The molecule has 0 aliphatic rings. The summed E-state index contributed by atoms with van der Waals surface area (Å²) in [4.78, 5) is 0. The first-order valence-electron chi connectivity index (χ1n) is 6.23. The van der Waals surface area contributed by atoms with Gasteiger partial charge in [-0.25, -0.2) is 4.39 Å². The first-order valence-corrected chi connectivity index (χ1v) is 6.61. The lowest BCUT2D eigenvalue weighted by molar-refractivity contribution is 0.630. The lowest BCUT2D eigenvalue weighted by atomic mass is 10.00. The third kappa shape index (κ3) is 3.07. The van der Waals surface area contributed by atoms with Gasteiger partial charge in [0.15, 0.2) is 5.82 Å². The maximum atomic E-state index is 13.8. The molecule has 100 valence electrons. The maximum absolute atomic E-state index is 13.8. The molecular formula is C16H17ClFN. The van der Waals surface area contributed by atoms with Crippen molar-refractivity contribution < 1.29 is 4.39 Å². The van der Waals surface area contributed by atoms with E-state index in [1.165, 1.54) is 22.3 Å². The Bertz CT molecular complexity index is 585. The van der Waals surface area contributed by atoms with Crippen LogP contribution in [0.2, 0.25) is 5.02 Å². The number of aryl methyl sites for hydroxylation is 3. The minimum Gasteiger partial charge on any atom is -0.379 e. The van der Waals surface area contributed by atoms with Crippen molar-refractivity contribution in [3.63, 3.8) is 0 Å². The molecule has 0 unspecified atom stereocenters. The third-order valence-corrected chi connectivity index (χ3v) is 3.54. The van der Waals surface area contributed by atoms with Crippen molar-refractivity contribution in [1.82, 2.24) is 0 Å². The van der Waals surface area contributed by atoms with Crippen LogP contribution in [0.1, 0.15) is 22.3 Å². The molecule has 0 saturated carbocycles. The predicted molar refractivity (Wildman–Crippen MR) is 79.4 cm³/mol. The van der Waals surface area contributed by atoms with E-state index in [4.69, 9.17) is 11.6 Å². The highest BCUT2D eigenvalue weighted by Crippen LogP contribution is 2.24. The van der Waals surface area contributed by atoms with E-state index < -0.39 is 5.82 Å². The summed E-state index contributed by atoms with van der Waals surface area (Å²) in [6.45, 7) is 6.82. The van der Waals surface area contributed by atoms with Crippen molar-refractivity contribution >= 4 is 17.3 Å². The number of benzene rings is 2. The fourth-order valence-electron chi connectivity index (χ4n) is 2.31. The molecular weight excluding hydrogens is 261 g/mol. The molecule has 0 spiro atoms. The van der Waals surface area contributed by atoms with Crippen molar-refractivity contribution in [2.24, 2.45) is 0 Å². The molecule has 1 N–H and O–H groups in total. The second kappa shape index (κ2) is 5.62. The van der Waals surface area contributed by atoms with Gasteiger partial charge in [-0.1, -0.05) is 35.4 Å². The highest BCUT2D eigenvalue weighted by molar-refractivity contribution is 6.31. The lowest BCUT2D eigenvalue weighted by Gasteiger charge is -2.14. The largest absolute Gasteiger partial charge is 0.379 e. The van der Waals surface area contributed by atoms with Gasteiger partial charge in [-0.05, 0) is 49.6 Å². The average molecular weight is 278 g/mol. The van der Waals surface area contributed by atoms with Gasteiger partial charge >= 0.3 is 0 Å². The Hall–Kier alpha value is -1.54.